The fourth-order valence-corrected chi connectivity index (χ4v) is 5.51. The highest BCUT2D eigenvalue weighted by molar-refractivity contribution is 5.87. The van der Waals surface area contributed by atoms with Crippen LogP contribution in [0, 0.1) is 0 Å². The summed E-state index contributed by atoms with van der Waals surface area (Å²) in [6, 6.07) is 4.65. The van der Waals surface area contributed by atoms with Crippen LogP contribution in [-0.4, -0.2) is 47.5 Å². The topological polar surface area (TPSA) is 32.8 Å². The van der Waals surface area contributed by atoms with Crippen molar-refractivity contribution in [3.8, 4) is 5.75 Å². The van der Waals surface area contributed by atoms with E-state index in [9.17, 15) is 4.79 Å². The number of fused-ring (bicyclic) bond motifs is 1. The van der Waals surface area contributed by atoms with Crippen LogP contribution >= 0.6 is 0 Å². The van der Waals surface area contributed by atoms with Crippen LogP contribution in [0.25, 0.3) is 0 Å². The van der Waals surface area contributed by atoms with Crippen LogP contribution < -0.4 is 4.74 Å². The summed E-state index contributed by atoms with van der Waals surface area (Å²) in [6.45, 7) is 8.62. The maximum absolute atomic E-state index is 13.4. The molecule has 2 saturated heterocycles. The van der Waals surface area contributed by atoms with E-state index in [4.69, 9.17) is 4.74 Å². The van der Waals surface area contributed by atoms with Crippen LogP contribution in [0.5, 0.6) is 5.75 Å². The van der Waals surface area contributed by atoms with Crippen LogP contribution in [-0.2, 0) is 24.2 Å². The third kappa shape index (κ3) is 3.37. The van der Waals surface area contributed by atoms with E-state index < -0.39 is 0 Å². The molecule has 2 aliphatic heterocycles. The monoisotopic (exact) mass is 370 g/mol. The quantitative estimate of drug-likeness (QED) is 0.760. The molecule has 2 fully saturated rings. The number of carbonyl (C=O) groups excluding carboxylic acids is 1. The molecule has 4 rings (SSSR count). The summed E-state index contributed by atoms with van der Waals surface area (Å²) in [5, 5.41) is 0. The number of carbonyl (C=O) groups is 1. The number of hydrogen-bond acceptors (Lipinski definition) is 3. The van der Waals surface area contributed by atoms with Crippen molar-refractivity contribution < 1.29 is 9.53 Å². The standard InChI is InChI=1S/C23H34N2O2/c1-3-12-24-13-6-10-23(22(24)26)11-7-14-25(23)17-20-15-18-8-5-9-19(18)16-21(20)27-4-2/h15-16H,3-14,17H2,1-2H3. The van der Waals surface area contributed by atoms with Gasteiger partial charge in [0.15, 0.2) is 0 Å². The Morgan fingerprint density at radius 1 is 1.04 bits per heavy atom. The first-order chi connectivity index (χ1) is 13.2. The first-order valence-electron chi connectivity index (χ1n) is 11.0. The molecule has 4 heteroatoms. The smallest absolute Gasteiger partial charge is 0.243 e. The molecule has 0 bridgehead atoms. The van der Waals surface area contributed by atoms with Gasteiger partial charge in [0.25, 0.3) is 0 Å². The minimum atomic E-state index is -0.268. The fraction of sp³-hybridized carbons (Fsp3) is 0.696. The van der Waals surface area contributed by atoms with Crippen molar-refractivity contribution in [2.75, 3.05) is 26.2 Å². The third-order valence-corrected chi connectivity index (χ3v) is 6.76. The van der Waals surface area contributed by atoms with Crippen LogP contribution in [0.15, 0.2) is 12.1 Å². The Hall–Kier alpha value is -1.55. The van der Waals surface area contributed by atoms with Gasteiger partial charge in [-0.15, -0.1) is 0 Å². The van der Waals surface area contributed by atoms with Crippen LogP contribution in [0.4, 0.5) is 0 Å². The molecule has 4 nitrogen and oxygen atoms in total. The number of benzene rings is 1. The minimum absolute atomic E-state index is 0.268. The minimum Gasteiger partial charge on any atom is -0.494 e. The maximum Gasteiger partial charge on any atom is 0.243 e. The highest BCUT2D eigenvalue weighted by Crippen LogP contribution is 2.41. The van der Waals surface area contributed by atoms with Crippen molar-refractivity contribution in [3.63, 3.8) is 0 Å². The summed E-state index contributed by atoms with van der Waals surface area (Å²) in [6.07, 6.45) is 8.94. The van der Waals surface area contributed by atoms with Gasteiger partial charge in [-0.2, -0.15) is 0 Å². The highest BCUT2D eigenvalue weighted by Gasteiger charge is 2.50. The zero-order valence-corrected chi connectivity index (χ0v) is 17.1. The van der Waals surface area contributed by atoms with Gasteiger partial charge in [-0.05, 0) is 82.0 Å². The van der Waals surface area contributed by atoms with Gasteiger partial charge in [0.1, 0.15) is 11.3 Å². The van der Waals surface area contributed by atoms with Crippen molar-refractivity contribution in [2.24, 2.45) is 0 Å². The normalized spacial score (nSPS) is 25.4. The van der Waals surface area contributed by atoms with E-state index >= 15 is 0 Å². The summed E-state index contributed by atoms with van der Waals surface area (Å²) in [5.41, 5.74) is 3.96. The largest absolute Gasteiger partial charge is 0.494 e. The molecule has 1 atom stereocenters. The average Bonchev–Trinajstić information content (AvgIpc) is 3.27. The molecule has 1 spiro atoms. The number of rotatable bonds is 6. The third-order valence-electron chi connectivity index (χ3n) is 6.76. The number of ether oxygens (including phenoxy) is 1. The summed E-state index contributed by atoms with van der Waals surface area (Å²) < 4.78 is 6.01. The summed E-state index contributed by atoms with van der Waals surface area (Å²) in [4.78, 5) is 18.0. The molecule has 0 aromatic heterocycles. The second-order valence-corrected chi connectivity index (χ2v) is 8.47. The number of nitrogens with zero attached hydrogens (tertiary/aromatic N) is 2. The lowest BCUT2D eigenvalue weighted by atomic mass is 9.85. The molecule has 1 aliphatic carbocycles. The molecular formula is C23H34N2O2. The van der Waals surface area contributed by atoms with Gasteiger partial charge in [0, 0.05) is 25.2 Å². The van der Waals surface area contributed by atoms with E-state index in [2.05, 4.69) is 35.8 Å². The van der Waals surface area contributed by atoms with E-state index in [-0.39, 0.29) is 5.54 Å². The number of likely N-dealkylation sites (tertiary alicyclic amines) is 2. The van der Waals surface area contributed by atoms with Gasteiger partial charge < -0.3 is 9.64 Å². The predicted octanol–water partition coefficient (Wildman–Crippen LogP) is 3.94. The highest BCUT2D eigenvalue weighted by atomic mass is 16.5. The van der Waals surface area contributed by atoms with Gasteiger partial charge in [0.05, 0.1) is 6.61 Å². The molecule has 1 aromatic rings. The molecule has 0 N–H and O–H groups in total. The number of amides is 1. The lowest BCUT2D eigenvalue weighted by molar-refractivity contribution is -0.147. The Morgan fingerprint density at radius 3 is 2.52 bits per heavy atom. The van der Waals surface area contributed by atoms with Gasteiger partial charge in [-0.25, -0.2) is 0 Å². The second kappa shape index (κ2) is 7.83. The molecule has 148 valence electrons. The molecule has 1 amide bonds. The maximum atomic E-state index is 13.4. The SMILES string of the molecule is CCCN1CCCC2(CCCN2Cc2cc3c(cc2OCC)CCC3)C1=O. The van der Waals surface area contributed by atoms with Gasteiger partial charge in [0.2, 0.25) is 5.91 Å². The first-order valence-corrected chi connectivity index (χ1v) is 11.0. The van der Waals surface area contributed by atoms with Crippen molar-refractivity contribution in [2.45, 2.75) is 77.3 Å². The van der Waals surface area contributed by atoms with Crippen molar-refractivity contribution in [1.82, 2.24) is 9.80 Å². The van der Waals surface area contributed by atoms with E-state index in [1.54, 1.807) is 0 Å². The Morgan fingerprint density at radius 2 is 1.78 bits per heavy atom. The molecule has 1 unspecified atom stereocenters. The van der Waals surface area contributed by atoms with Crippen LogP contribution in [0.3, 0.4) is 0 Å². The zero-order valence-electron chi connectivity index (χ0n) is 17.1. The molecule has 0 radical (unpaired) electrons. The first kappa shape index (κ1) is 18.8. The molecule has 1 aromatic carbocycles. The number of piperidine rings is 1. The van der Waals surface area contributed by atoms with Crippen molar-refractivity contribution in [1.29, 1.82) is 0 Å². The Labute approximate surface area is 163 Å². The van der Waals surface area contributed by atoms with Gasteiger partial charge in [-0.3, -0.25) is 9.69 Å². The molecule has 3 aliphatic rings. The Bertz CT molecular complexity index is 700. The van der Waals surface area contributed by atoms with E-state index in [1.165, 1.54) is 36.0 Å². The van der Waals surface area contributed by atoms with Gasteiger partial charge >= 0.3 is 0 Å². The van der Waals surface area contributed by atoms with E-state index in [1.807, 2.05) is 0 Å². The number of aryl methyl sites for hydroxylation is 2. The molecular weight excluding hydrogens is 336 g/mol. The molecule has 27 heavy (non-hydrogen) atoms. The van der Waals surface area contributed by atoms with Crippen LogP contribution in [0.2, 0.25) is 0 Å². The summed E-state index contributed by atoms with van der Waals surface area (Å²) >= 11 is 0. The predicted molar refractivity (Wildman–Crippen MR) is 108 cm³/mol. The molecule has 0 saturated carbocycles. The van der Waals surface area contributed by atoms with Crippen molar-refractivity contribution in [3.05, 3.63) is 28.8 Å². The van der Waals surface area contributed by atoms with E-state index in [0.717, 1.165) is 64.0 Å². The fourth-order valence-electron chi connectivity index (χ4n) is 5.51. The zero-order chi connectivity index (χ0) is 18.9. The lowest BCUT2D eigenvalue weighted by Gasteiger charge is -2.45. The second-order valence-electron chi connectivity index (χ2n) is 8.47. The Kier molecular flexibility index (Phi) is 5.45. The Balaban J connectivity index is 1.61. The number of hydrogen-bond donors (Lipinski definition) is 0. The lowest BCUT2D eigenvalue weighted by Crippen LogP contribution is -2.59. The average molecular weight is 371 g/mol. The summed E-state index contributed by atoms with van der Waals surface area (Å²) in [7, 11) is 0. The summed E-state index contributed by atoms with van der Waals surface area (Å²) in [5.74, 6) is 1.42. The van der Waals surface area contributed by atoms with E-state index in [0.29, 0.717) is 12.5 Å². The van der Waals surface area contributed by atoms with Crippen LogP contribution in [0.1, 0.15) is 69.1 Å². The molecule has 2 heterocycles. The van der Waals surface area contributed by atoms with Gasteiger partial charge in [-0.1, -0.05) is 13.0 Å². The van der Waals surface area contributed by atoms with Crippen molar-refractivity contribution >= 4 is 5.91 Å².